The van der Waals surface area contributed by atoms with Crippen molar-refractivity contribution in [3.63, 3.8) is 0 Å². The molecular weight excluding hydrogens is 394 g/mol. The number of hydrogen-bond acceptors (Lipinski definition) is 5. The van der Waals surface area contributed by atoms with E-state index in [0.717, 1.165) is 18.9 Å². The second kappa shape index (κ2) is 22.2. The van der Waals surface area contributed by atoms with Gasteiger partial charge in [-0.3, -0.25) is 4.79 Å². The Hall–Kier alpha value is -0.980. The van der Waals surface area contributed by atoms with Gasteiger partial charge >= 0.3 is 0 Å². The van der Waals surface area contributed by atoms with Crippen LogP contribution in [0.25, 0.3) is 0 Å². The van der Waals surface area contributed by atoms with E-state index in [-0.39, 0.29) is 17.1 Å². The van der Waals surface area contributed by atoms with Crippen LogP contribution >= 0.6 is 0 Å². The summed E-state index contributed by atoms with van der Waals surface area (Å²) in [6.45, 7) is 22.7. The van der Waals surface area contributed by atoms with Crippen molar-refractivity contribution in [1.82, 2.24) is 5.32 Å². The molecule has 3 N–H and O–H groups in total. The molecule has 0 aliphatic heterocycles. The molecule has 6 nitrogen and oxygen atoms in total. The number of ether oxygens (including phenoxy) is 1. The fourth-order valence-electron chi connectivity index (χ4n) is 3.01. The van der Waals surface area contributed by atoms with Crippen LogP contribution in [-0.4, -0.2) is 54.4 Å². The monoisotopic (exact) mass is 449 g/mol. The summed E-state index contributed by atoms with van der Waals surface area (Å²) >= 11 is 0. The first-order chi connectivity index (χ1) is 14.1. The Morgan fingerprint density at radius 3 is 1.61 bits per heavy atom. The molecular formula is C25H55NO5. The van der Waals surface area contributed by atoms with Crippen molar-refractivity contribution in [2.45, 2.75) is 107 Å². The fraction of sp³-hybridized carbons (Fsp3) is 0.920. The number of methoxy groups -OCH3 is 1. The van der Waals surface area contributed by atoms with Crippen molar-refractivity contribution in [2.75, 3.05) is 26.9 Å². The van der Waals surface area contributed by atoms with E-state index in [1.807, 2.05) is 41.5 Å². The van der Waals surface area contributed by atoms with Crippen LogP contribution in [-0.2, 0) is 14.3 Å². The molecule has 1 amide bonds. The maximum absolute atomic E-state index is 11.1. The molecule has 0 aromatic rings. The maximum atomic E-state index is 11.1. The third kappa shape index (κ3) is 36.7. The third-order valence-corrected chi connectivity index (χ3v) is 3.88. The molecule has 0 aromatic heterocycles. The molecule has 0 aliphatic rings. The summed E-state index contributed by atoms with van der Waals surface area (Å²) in [5, 5.41) is 19.6. The van der Waals surface area contributed by atoms with Gasteiger partial charge in [-0.1, -0.05) is 55.4 Å². The number of ketones is 1. The van der Waals surface area contributed by atoms with Gasteiger partial charge in [0.1, 0.15) is 12.4 Å². The first-order valence-corrected chi connectivity index (χ1v) is 11.6. The first-order valence-electron chi connectivity index (χ1n) is 11.6. The highest BCUT2D eigenvalue weighted by Gasteiger charge is 2.30. The number of aliphatic hydroxyl groups excluding tert-OH is 2. The third-order valence-electron chi connectivity index (χ3n) is 3.88. The Balaban J connectivity index is -0.000000200. The predicted molar refractivity (Wildman–Crippen MR) is 132 cm³/mol. The van der Waals surface area contributed by atoms with Crippen LogP contribution in [0.3, 0.4) is 0 Å². The normalized spacial score (nSPS) is 10.8. The van der Waals surface area contributed by atoms with E-state index in [1.165, 1.54) is 6.42 Å². The molecule has 0 spiro atoms. The molecule has 0 saturated carbocycles. The van der Waals surface area contributed by atoms with Crippen LogP contribution in [0.15, 0.2) is 0 Å². The molecule has 0 rings (SSSR count). The second-order valence-corrected chi connectivity index (χ2v) is 9.89. The quantitative estimate of drug-likeness (QED) is 0.412. The van der Waals surface area contributed by atoms with Crippen molar-refractivity contribution in [1.29, 1.82) is 0 Å². The lowest BCUT2D eigenvalue weighted by atomic mass is 9.77. The molecule has 0 aromatic carbocycles. The van der Waals surface area contributed by atoms with E-state index in [4.69, 9.17) is 14.9 Å². The number of aliphatic hydroxyl groups is 2. The zero-order chi connectivity index (χ0) is 25.7. The average molecular weight is 450 g/mol. The van der Waals surface area contributed by atoms with Gasteiger partial charge in [-0.15, -0.1) is 0 Å². The number of carbonyl (C=O) groups is 2. The molecule has 0 heterocycles. The number of hydrogen-bond donors (Lipinski definition) is 3. The van der Waals surface area contributed by atoms with E-state index in [0.29, 0.717) is 25.4 Å². The minimum Gasteiger partial charge on any atom is -0.396 e. The summed E-state index contributed by atoms with van der Waals surface area (Å²) in [5.74, 6) is 1.19. The Morgan fingerprint density at radius 1 is 0.935 bits per heavy atom. The van der Waals surface area contributed by atoms with Crippen LogP contribution in [0.2, 0.25) is 0 Å². The van der Waals surface area contributed by atoms with Crippen molar-refractivity contribution in [3.05, 3.63) is 0 Å². The summed E-state index contributed by atoms with van der Waals surface area (Å²) in [7, 11) is 1.74. The highest BCUT2D eigenvalue weighted by Crippen LogP contribution is 2.31. The van der Waals surface area contributed by atoms with Crippen molar-refractivity contribution in [3.8, 4) is 0 Å². The second-order valence-electron chi connectivity index (χ2n) is 9.89. The number of carbonyl (C=O) groups excluding carboxylic acids is 2. The Labute approximate surface area is 193 Å². The van der Waals surface area contributed by atoms with E-state index >= 15 is 0 Å². The zero-order valence-electron chi connectivity index (χ0n) is 22.7. The van der Waals surface area contributed by atoms with E-state index in [1.54, 1.807) is 14.0 Å². The fourth-order valence-corrected chi connectivity index (χ4v) is 3.01. The van der Waals surface area contributed by atoms with E-state index < -0.39 is 12.1 Å². The van der Waals surface area contributed by atoms with Crippen molar-refractivity contribution in [2.24, 2.45) is 17.3 Å². The summed E-state index contributed by atoms with van der Waals surface area (Å²) in [6.07, 6.45) is 3.28. The molecule has 0 atom stereocenters. The number of rotatable bonds is 11. The summed E-state index contributed by atoms with van der Waals surface area (Å²) < 4.78 is 4.85. The Bertz CT molecular complexity index is 418. The standard InChI is InChI=1S/C12H23NO3.C6H14O.C5H12O.C2H6/c1-9(15)6-11(2,3)8-12(4,5)13-10(16)7-14;1-6(2)4-5-7-3;1-5(2)3-4-6;1-2/h14H,6-8H2,1-5H3,(H,13,16);6H,4-5H2,1-3H3;5-6H,3-4H2,1-2H3;1-2H3. The molecule has 0 fully saturated rings. The first kappa shape index (κ1) is 37.3. The molecule has 0 unspecified atom stereocenters. The number of nitrogens with one attached hydrogen (secondary N) is 1. The smallest absolute Gasteiger partial charge is 0.246 e. The minimum absolute atomic E-state index is 0.147. The summed E-state index contributed by atoms with van der Waals surface area (Å²) in [4.78, 5) is 22.2. The van der Waals surface area contributed by atoms with Crippen molar-refractivity contribution >= 4 is 11.7 Å². The van der Waals surface area contributed by atoms with Gasteiger partial charge in [0.15, 0.2) is 0 Å². The molecule has 0 aliphatic carbocycles. The number of Topliss-reactive ketones (excluding diaryl/α,β-unsaturated/α-hetero) is 1. The zero-order valence-corrected chi connectivity index (χ0v) is 22.7. The van der Waals surface area contributed by atoms with Gasteiger partial charge in [-0.25, -0.2) is 0 Å². The van der Waals surface area contributed by atoms with E-state index in [9.17, 15) is 9.59 Å². The number of amides is 1. The Kier molecular flexibility index (Phi) is 26.8. The van der Waals surface area contributed by atoms with Gasteiger partial charge in [0.05, 0.1) is 0 Å². The highest BCUT2D eigenvalue weighted by molar-refractivity contribution is 5.78. The van der Waals surface area contributed by atoms with Crippen LogP contribution in [0.4, 0.5) is 0 Å². The average Bonchev–Trinajstić information content (AvgIpc) is 2.59. The topological polar surface area (TPSA) is 95.9 Å². The van der Waals surface area contributed by atoms with Crippen LogP contribution in [0, 0.1) is 17.3 Å². The van der Waals surface area contributed by atoms with Gasteiger partial charge in [-0.05, 0) is 57.3 Å². The highest BCUT2D eigenvalue weighted by atomic mass is 16.5. The molecule has 0 bridgehead atoms. The molecule has 0 radical (unpaired) electrons. The lowest BCUT2D eigenvalue weighted by Gasteiger charge is -2.35. The lowest BCUT2D eigenvalue weighted by Crippen LogP contribution is -2.47. The van der Waals surface area contributed by atoms with Crippen molar-refractivity contribution < 1.29 is 24.5 Å². The van der Waals surface area contributed by atoms with Crippen LogP contribution in [0.5, 0.6) is 0 Å². The lowest BCUT2D eigenvalue weighted by molar-refractivity contribution is -0.125. The van der Waals surface area contributed by atoms with Crippen LogP contribution in [0.1, 0.15) is 102 Å². The summed E-state index contributed by atoms with van der Waals surface area (Å²) in [6, 6.07) is 0. The van der Waals surface area contributed by atoms with Crippen LogP contribution < -0.4 is 5.32 Å². The largest absolute Gasteiger partial charge is 0.396 e. The van der Waals surface area contributed by atoms with Gasteiger partial charge in [0.2, 0.25) is 5.91 Å². The summed E-state index contributed by atoms with van der Waals surface area (Å²) in [5.41, 5.74) is -0.573. The molecule has 6 heteroatoms. The molecule has 190 valence electrons. The van der Waals surface area contributed by atoms with Gasteiger partial charge in [-0.2, -0.15) is 0 Å². The van der Waals surface area contributed by atoms with Gasteiger partial charge in [0, 0.05) is 32.3 Å². The van der Waals surface area contributed by atoms with E-state index in [2.05, 4.69) is 33.0 Å². The minimum atomic E-state index is -0.503. The predicted octanol–water partition coefficient (Wildman–Crippen LogP) is 5.00. The maximum Gasteiger partial charge on any atom is 0.246 e. The molecule has 0 saturated heterocycles. The van der Waals surface area contributed by atoms with Gasteiger partial charge in [0.25, 0.3) is 0 Å². The SMILES string of the molecule is CC.CC(=O)CC(C)(C)CC(C)(C)NC(=O)CO.CC(C)CCO.COCCC(C)C. The molecule has 31 heavy (non-hydrogen) atoms. The van der Waals surface area contributed by atoms with Gasteiger partial charge < -0.3 is 25.1 Å². The Morgan fingerprint density at radius 2 is 1.39 bits per heavy atom.